The van der Waals surface area contributed by atoms with Gasteiger partial charge in [-0.25, -0.2) is 4.79 Å². The number of hydrogen-bond donors (Lipinski definition) is 1. The third kappa shape index (κ3) is 4.79. The van der Waals surface area contributed by atoms with Crippen molar-refractivity contribution in [2.75, 3.05) is 4.90 Å². The molecule has 0 saturated heterocycles. The van der Waals surface area contributed by atoms with Gasteiger partial charge in [0.2, 0.25) is 5.91 Å². The van der Waals surface area contributed by atoms with Crippen molar-refractivity contribution in [3.8, 4) is 10.4 Å². The Balaban J connectivity index is 2.00. The van der Waals surface area contributed by atoms with Gasteiger partial charge in [-0.3, -0.25) is 4.79 Å². The van der Waals surface area contributed by atoms with E-state index >= 15 is 0 Å². The molecule has 1 amide bonds. The number of carboxylic acid groups (broad SMARTS) is 1. The number of aromatic carboxylic acids is 1. The Labute approximate surface area is 181 Å². The van der Waals surface area contributed by atoms with Crippen molar-refractivity contribution in [3.05, 3.63) is 76.7 Å². The van der Waals surface area contributed by atoms with Crippen LogP contribution in [0.1, 0.15) is 54.9 Å². The summed E-state index contributed by atoms with van der Waals surface area (Å²) in [6.07, 6.45) is 0.301. The molecule has 3 aromatic rings. The molecule has 0 radical (unpaired) electrons. The van der Waals surface area contributed by atoms with Crippen LogP contribution < -0.4 is 4.90 Å². The first-order valence-corrected chi connectivity index (χ1v) is 10.8. The van der Waals surface area contributed by atoms with Gasteiger partial charge in [0.05, 0.1) is 12.2 Å². The molecule has 1 N–H and O–H groups in total. The number of anilines is 1. The highest BCUT2D eigenvalue weighted by molar-refractivity contribution is 7.18. The largest absolute Gasteiger partial charge is 0.477 e. The van der Waals surface area contributed by atoms with Crippen LogP contribution in [0, 0.1) is 0 Å². The topological polar surface area (TPSA) is 57.6 Å². The lowest BCUT2D eigenvalue weighted by atomic mass is 9.87. The predicted octanol–water partition coefficient (Wildman–Crippen LogP) is 6.35. The van der Waals surface area contributed by atoms with Crippen LogP contribution in [0.4, 0.5) is 5.69 Å². The second-order valence-corrected chi connectivity index (χ2v) is 9.33. The fourth-order valence-electron chi connectivity index (χ4n) is 3.27. The van der Waals surface area contributed by atoms with Gasteiger partial charge in [-0.2, -0.15) is 0 Å². The summed E-state index contributed by atoms with van der Waals surface area (Å²) in [7, 11) is 0. The Morgan fingerprint density at radius 3 is 2.17 bits per heavy atom. The zero-order valence-corrected chi connectivity index (χ0v) is 18.6. The van der Waals surface area contributed by atoms with Gasteiger partial charge < -0.3 is 10.0 Å². The van der Waals surface area contributed by atoms with Gasteiger partial charge in [0.15, 0.2) is 0 Å². The molecule has 0 aliphatic rings. The number of thiophene rings is 1. The predicted molar refractivity (Wildman–Crippen MR) is 123 cm³/mol. The number of nitrogens with zero attached hydrogens (tertiary/aromatic N) is 1. The molecule has 0 aliphatic heterocycles. The minimum absolute atomic E-state index is 0.0475. The van der Waals surface area contributed by atoms with E-state index in [1.165, 1.54) is 16.9 Å². The van der Waals surface area contributed by atoms with E-state index in [0.29, 0.717) is 18.7 Å². The van der Waals surface area contributed by atoms with Crippen LogP contribution in [0.5, 0.6) is 0 Å². The van der Waals surface area contributed by atoms with E-state index in [1.54, 1.807) is 11.8 Å². The van der Waals surface area contributed by atoms with E-state index in [9.17, 15) is 14.7 Å². The average Bonchev–Trinajstić information content (AvgIpc) is 3.17. The zero-order valence-electron chi connectivity index (χ0n) is 17.8. The van der Waals surface area contributed by atoms with Crippen LogP contribution in [0.25, 0.3) is 10.4 Å². The molecular formula is C25H27NO3S. The van der Waals surface area contributed by atoms with Crippen molar-refractivity contribution in [3.63, 3.8) is 0 Å². The molecule has 2 aromatic carbocycles. The van der Waals surface area contributed by atoms with E-state index in [-0.39, 0.29) is 16.2 Å². The Morgan fingerprint density at radius 2 is 1.63 bits per heavy atom. The third-order valence-corrected chi connectivity index (χ3v) is 6.18. The van der Waals surface area contributed by atoms with E-state index in [2.05, 4.69) is 32.9 Å². The van der Waals surface area contributed by atoms with Crippen molar-refractivity contribution < 1.29 is 14.7 Å². The second-order valence-electron chi connectivity index (χ2n) is 8.28. The highest BCUT2D eigenvalue weighted by Crippen LogP contribution is 2.38. The van der Waals surface area contributed by atoms with Gasteiger partial charge in [-0.15, -0.1) is 11.3 Å². The quantitative estimate of drug-likeness (QED) is 0.504. The van der Waals surface area contributed by atoms with Gasteiger partial charge >= 0.3 is 5.97 Å². The average molecular weight is 422 g/mol. The fourth-order valence-corrected chi connectivity index (χ4v) is 4.28. The van der Waals surface area contributed by atoms with Crippen LogP contribution in [-0.2, 0) is 16.8 Å². The summed E-state index contributed by atoms with van der Waals surface area (Å²) < 4.78 is 0. The molecule has 1 aromatic heterocycles. The Kier molecular flexibility index (Phi) is 6.42. The van der Waals surface area contributed by atoms with E-state index in [0.717, 1.165) is 16.0 Å². The van der Waals surface area contributed by atoms with Crippen LogP contribution in [0.3, 0.4) is 0 Å². The summed E-state index contributed by atoms with van der Waals surface area (Å²) in [5.74, 6) is -1.12. The normalized spacial score (nSPS) is 11.3. The number of carbonyl (C=O) groups excluding carboxylic acids is 1. The van der Waals surface area contributed by atoms with Crippen LogP contribution >= 0.6 is 11.3 Å². The van der Waals surface area contributed by atoms with E-state index in [1.807, 2.05) is 48.5 Å². The lowest BCUT2D eigenvalue weighted by Gasteiger charge is -2.23. The molecule has 156 valence electrons. The molecule has 0 saturated carbocycles. The molecule has 3 rings (SSSR count). The first-order chi connectivity index (χ1) is 14.2. The number of carbonyl (C=O) groups is 2. The molecule has 1 heterocycles. The minimum Gasteiger partial charge on any atom is -0.477 e. The Hall–Kier alpha value is -2.92. The van der Waals surface area contributed by atoms with Crippen molar-refractivity contribution >= 4 is 28.9 Å². The van der Waals surface area contributed by atoms with Crippen LogP contribution in [0.15, 0.2) is 60.7 Å². The van der Waals surface area contributed by atoms with Crippen molar-refractivity contribution in [2.45, 2.75) is 46.1 Å². The van der Waals surface area contributed by atoms with Crippen molar-refractivity contribution in [2.24, 2.45) is 0 Å². The third-order valence-electron chi connectivity index (χ3n) is 5.02. The van der Waals surface area contributed by atoms with Gasteiger partial charge in [-0.1, -0.05) is 82.3 Å². The smallest absolute Gasteiger partial charge is 0.348 e. The lowest BCUT2D eigenvalue weighted by Crippen LogP contribution is -2.30. The molecule has 4 nitrogen and oxygen atoms in total. The van der Waals surface area contributed by atoms with Crippen LogP contribution in [0.2, 0.25) is 0 Å². The number of benzene rings is 2. The summed E-state index contributed by atoms with van der Waals surface area (Å²) in [6.45, 7) is 8.60. The van der Waals surface area contributed by atoms with E-state index in [4.69, 9.17) is 0 Å². The standard InChI is InChI=1S/C25H27NO3S/c1-5-22(27)26(16-17-11-13-19(14-12-17)25(2,3)4)20-15-21(30-23(20)24(28)29)18-9-7-6-8-10-18/h6-15H,5,16H2,1-4H3,(H,28,29). The summed E-state index contributed by atoms with van der Waals surface area (Å²) in [6, 6.07) is 19.6. The number of carboxylic acids is 1. The molecule has 0 fully saturated rings. The van der Waals surface area contributed by atoms with Gasteiger partial charge in [-0.05, 0) is 28.2 Å². The summed E-state index contributed by atoms with van der Waals surface area (Å²) in [5.41, 5.74) is 3.63. The maximum Gasteiger partial charge on any atom is 0.348 e. The summed E-state index contributed by atoms with van der Waals surface area (Å²) in [5, 5.41) is 9.79. The second kappa shape index (κ2) is 8.84. The monoisotopic (exact) mass is 421 g/mol. The first kappa shape index (κ1) is 21.8. The van der Waals surface area contributed by atoms with Gasteiger partial charge in [0.25, 0.3) is 0 Å². The lowest BCUT2D eigenvalue weighted by molar-refractivity contribution is -0.118. The molecule has 0 atom stereocenters. The minimum atomic E-state index is -1.02. The van der Waals surface area contributed by atoms with Crippen molar-refractivity contribution in [1.82, 2.24) is 0 Å². The summed E-state index contributed by atoms with van der Waals surface area (Å²) in [4.78, 5) is 27.4. The number of rotatable bonds is 6. The SMILES string of the molecule is CCC(=O)N(Cc1ccc(C(C)(C)C)cc1)c1cc(-c2ccccc2)sc1C(=O)O. The highest BCUT2D eigenvalue weighted by Gasteiger charge is 2.25. The van der Waals surface area contributed by atoms with Gasteiger partial charge in [0, 0.05) is 11.3 Å². The molecule has 0 bridgehead atoms. The molecular weight excluding hydrogens is 394 g/mol. The Morgan fingerprint density at radius 1 is 1.00 bits per heavy atom. The molecule has 0 spiro atoms. The molecule has 0 aliphatic carbocycles. The number of amides is 1. The first-order valence-electron chi connectivity index (χ1n) is 10.0. The fraction of sp³-hybridized carbons (Fsp3) is 0.280. The van der Waals surface area contributed by atoms with Crippen molar-refractivity contribution in [1.29, 1.82) is 0 Å². The maximum absolute atomic E-state index is 12.8. The van der Waals surface area contributed by atoms with Gasteiger partial charge in [0.1, 0.15) is 4.88 Å². The molecule has 0 unspecified atom stereocenters. The zero-order chi connectivity index (χ0) is 21.9. The maximum atomic E-state index is 12.8. The summed E-state index contributed by atoms with van der Waals surface area (Å²) >= 11 is 1.20. The molecule has 30 heavy (non-hydrogen) atoms. The van der Waals surface area contributed by atoms with E-state index < -0.39 is 5.97 Å². The molecule has 5 heteroatoms. The number of hydrogen-bond acceptors (Lipinski definition) is 3. The highest BCUT2D eigenvalue weighted by atomic mass is 32.1. The van der Waals surface area contributed by atoms with Crippen LogP contribution in [-0.4, -0.2) is 17.0 Å². The Bertz CT molecular complexity index is 1030.